The molecule has 0 fully saturated rings. The lowest BCUT2D eigenvalue weighted by Gasteiger charge is -2.31. The van der Waals surface area contributed by atoms with Crippen molar-refractivity contribution in [1.82, 2.24) is 3.71 Å². The highest BCUT2D eigenvalue weighted by molar-refractivity contribution is 7.93. The molecule has 0 aliphatic rings. The van der Waals surface area contributed by atoms with E-state index in [4.69, 9.17) is 0 Å². The van der Waals surface area contributed by atoms with E-state index in [0.717, 1.165) is 4.90 Å². The third-order valence-electron chi connectivity index (χ3n) is 2.65. The summed E-state index contributed by atoms with van der Waals surface area (Å²) in [5.41, 5.74) is 0.666. The van der Waals surface area contributed by atoms with E-state index in [1.807, 2.05) is 0 Å². The second-order valence-electron chi connectivity index (χ2n) is 3.98. The van der Waals surface area contributed by atoms with Crippen LogP contribution in [0.3, 0.4) is 0 Å². The second-order valence-corrected chi connectivity index (χ2v) is 5.81. The van der Waals surface area contributed by atoms with Crippen LogP contribution < -0.4 is 4.90 Å². The number of nitrogens with zero attached hydrogens (tertiary/aromatic N) is 2. The van der Waals surface area contributed by atoms with Gasteiger partial charge in [-0.3, -0.25) is 13.3 Å². The van der Waals surface area contributed by atoms with Crippen LogP contribution in [0.5, 0.6) is 0 Å². The van der Waals surface area contributed by atoms with E-state index < -0.39 is 28.6 Å². The topological polar surface area (TPSA) is 104 Å². The van der Waals surface area contributed by atoms with Gasteiger partial charge in [0, 0.05) is 0 Å². The Morgan fingerprint density at radius 2 is 1.14 bits per heavy atom. The summed E-state index contributed by atoms with van der Waals surface area (Å²) in [6, 6.07) is 15.0. The first-order chi connectivity index (χ1) is 10.5. The van der Waals surface area contributed by atoms with E-state index in [1.54, 1.807) is 60.7 Å². The minimum atomic E-state index is -3.25. The number of urea groups is 1. The second kappa shape index (κ2) is 7.27. The highest BCUT2D eigenvalue weighted by Crippen LogP contribution is 2.27. The smallest absolute Gasteiger partial charge is 0.351 e. The van der Waals surface area contributed by atoms with Gasteiger partial charge in [0.15, 0.2) is 0 Å². The highest BCUT2D eigenvalue weighted by Gasteiger charge is 2.25. The van der Waals surface area contributed by atoms with Crippen LogP contribution in [0.15, 0.2) is 60.7 Å². The van der Waals surface area contributed by atoms with Gasteiger partial charge in [0.2, 0.25) is 0 Å². The van der Waals surface area contributed by atoms with Crippen molar-refractivity contribution >= 4 is 39.9 Å². The van der Waals surface area contributed by atoms with Crippen LogP contribution in [0.2, 0.25) is 0 Å². The van der Waals surface area contributed by atoms with E-state index >= 15 is 0 Å². The molecule has 2 amide bonds. The maximum atomic E-state index is 12.4. The van der Waals surface area contributed by atoms with Crippen LogP contribution in [0.25, 0.3) is 0 Å². The van der Waals surface area contributed by atoms with Crippen LogP contribution in [-0.2, 0) is 22.5 Å². The zero-order chi connectivity index (χ0) is 16.1. The summed E-state index contributed by atoms with van der Waals surface area (Å²) >= 11 is -6.50. The molecule has 2 atom stereocenters. The number of amides is 2. The van der Waals surface area contributed by atoms with Gasteiger partial charge in [-0.2, -0.15) is 3.71 Å². The molecule has 2 unspecified atom stereocenters. The molecule has 7 nitrogen and oxygen atoms in total. The first kappa shape index (κ1) is 16.3. The van der Waals surface area contributed by atoms with Gasteiger partial charge in [-0.15, -0.1) is 0 Å². The molecule has 0 bridgehead atoms. The fraction of sp³-hybridized carbons (Fsp3) is 0. The third kappa shape index (κ3) is 3.57. The van der Waals surface area contributed by atoms with E-state index in [2.05, 4.69) is 0 Å². The molecule has 0 spiro atoms. The Morgan fingerprint density at radius 3 is 1.45 bits per heavy atom. The maximum Gasteiger partial charge on any atom is 0.351 e. The van der Waals surface area contributed by atoms with Crippen molar-refractivity contribution in [2.75, 3.05) is 4.90 Å². The van der Waals surface area contributed by atoms with Gasteiger partial charge < -0.3 is 9.11 Å². The number of carbonyl (C=O) groups is 1. The number of hydrogen-bond acceptors (Lipinski definition) is 5. The van der Waals surface area contributed by atoms with Crippen molar-refractivity contribution in [3.63, 3.8) is 0 Å². The Bertz CT molecular complexity index is 643. The summed E-state index contributed by atoms with van der Waals surface area (Å²) in [7, 11) is 0. The summed E-state index contributed by atoms with van der Waals surface area (Å²) in [4.78, 5) is 13.4. The summed E-state index contributed by atoms with van der Waals surface area (Å²) in [5, 5.41) is 0. The number of para-hydroxylation sites is 2. The van der Waals surface area contributed by atoms with Crippen LogP contribution >= 0.6 is 0 Å². The monoisotopic (exact) mass is 338 g/mol. The van der Waals surface area contributed by atoms with Gasteiger partial charge >= 0.3 is 6.03 Å². The molecule has 9 heteroatoms. The maximum absolute atomic E-state index is 12.4. The van der Waals surface area contributed by atoms with Crippen molar-refractivity contribution < 1.29 is 22.3 Å². The molecule has 0 aliphatic carbocycles. The predicted molar refractivity (Wildman–Crippen MR) is 80.1 cm³/mol. The first-order valence-electron chi connectivity index (χ1n) is 5.95. The summed E-state index contributed by atoms with van der Waals surface area (Å²) in [6.45, 7) is 0. The number of hydrogen-bond donors (Lipinski definition) is 0. The van der Waals surface area contributed by atoms with Gasteiger partial charge in [0.25, 0.3) is 0 Å². The Balaban J connectivity index is 2.52. The molecule has 116 valence electrons. The average Bonchev–Trinajstić information content (AvgIpc) is 2.49. The fourth-order valence-corrected chi connectivity index (χ4v) is 2.60. The molecular formula is C13H10N2O5S2-2. The van der Waals surface area contributed by atoms with Gasteiger partial charge in [-0.05, 0) is 24.3 Å². The normalized spacial score (nSPS) is 13.2. The molecule has 0 heterocycles. The minimum absolute atomic E-state index is 0.264. The molecule has 0 N–H and O–H groups in total. The number of benzene rings is 2. The van der Waals surface area contributed by atoms with Crippen molar-refractivity contribution in [1.29, 1.82) is 0 Å². The number of rotatable bonds is 4. The van der Waals surface area contributed by atoms with E-state index in [9.17, 15) is 22.3 Å². The molecular weight excluding hydrogens is 328 g/mol. The Kier molecular flexibility index (Phi) is 5.39. The average molecular weight is 338 g/mol. The Labute approximate surface area is 132 Å². The van der Waals surface area contributed by atoms with Crippen molar-refractivity contribution in [2.24, 2.45) is 0 Å². The predicted octanol–water partition coefficient (Wildman–Crippen LogP) is 1.83. The summed E-state index contributed by atoms with van der Waals surface area (Å²) in [6.07, 6.45) is 0. The van der Waals surface area contributed by atoms with Gasteiger partial charge in [-0.1, -0.05) is 36.4 Å². The third-order valence-corrected chi connectivity index (χ3v) is 4.23. The van der Waals surface area contributed by atoms with Crippen molar-refractivity contribution in [3.05, 3.63) is 60.7 Å². The number of anilines is 2. The molecule has 0 saturated heterocycles. The number of carbonyl (C=O) groups excluding carboxylic acids is 1. The van der Waals surface area contributed by atoms with Gasteiger partial charge in [0.1, 0.15) is 0 Å². The van der Waals surface area contributed by atoms with E-state index in [-0.39, 0.29) is 3.71 Å². The lowest BCUT2D eigenvalue weighted by Crippen LogP contribution is -2.42. The quantitative estimate of drug-likeness (QED) is 0.791. The van der Waals surface area contributed by atoms with Gasteiger partial charge in [-0.25, -0.2) is 4.79 Å². The van der Waals surface area contributed by atoms with Crippen LogP contribution in [0.1, 0.15) is 0 Å². The van der Waals surface area contributed by atoms with E-state index in [0.29, 0.717) is 11.4 Å². The Morgan fingerprint density at radius 1 is 0.773 bits per heavy atom. The van der Waals surface area contributed by atoms with Crippen molar-refractivity contribution in [2.45, 2.75) is 0 Å². The van der Waals surface area contributed by atoms with Crippen LogP contribution in [0, 0.1) is 0 Å². The standard InChI is InChI=1S/C13H12N2O5S2/c16-13(15(21(17)18)22(19)20)14(11-7-3-1-4-8-11)12-9-5-2-6-10-12/h1-10H,(H,17,18)(H,19,20)/p-2. The largest absolute Gasteiger partial charge is 0.754 e. The fourth-order valence-electron chi connectivity index (χ4n) is 1.78. The lowest BCUT2D eigenvalue weighted by molar-refractivity contribution is 0.242. The minimum Gasteiger partial charge on any atom is -0.754 e. The van der Waals surface area contributed by atoms with E-state index in [1.165, 1.54) is 0 Å². The van der Waals surface area contributed by atoms with Crippen LogP contribution in [-0.4, -0.2) is 27.3 Å². The first-order valence-corrected chi connectivity index (χ1v) is 8.02. The van der Waals surface area contributed by atoms with Crippen LogP contribution in [0.4, 0.5) is 16.2 Å². The molecule has 22 heavy (non-hydrogen) atoms. The molecule has 2 aromatic carbocycles. The molecule has 2 aromatic rings. The zero-order valence-electron chi connectivity index (χ0n) is 11.0. The van der Waals surface area contributed by atoms with Gasteiger partial charge in [0.05, 0.1) is 33.9 Å². The lowest BCUT2D eigenvalue weighted by atomic mass is 10.2. The Hall–Kier alpha value is -2.07. The summed E-state index contributed by atoms with van der Waals surface area (Å²) < 4.78 is 43.9. The summed E-state index contributed by atoms with van der Waals surface area (Å²) in [5.74, 6) is 0. The zero-order valence-corrected chi connectivity index (χ0v) is 12.7. The van der Waals surface area contributed by atoms with Crippen molar-refractivity contribution in [3.8, 4) is 0 Å². The molecule has 2 rings (SSSR count). The molecule has 0 aromatic heterocycles. The molecule has 0 radical (unpaired) electrons. The molecule has 0 saturated carbocycles. The SMILES string of the molecule is O=C(N(c1ccccc1)c1ccccc1)N(S(=O)[O-])S(=O)[O-]. The molecule has 0 aliphatic heterocycles. The highest BCUT2D eigenvalue weighted by atomic mass is 32.3.